The zero-order chi connectivity index (χ0) is 14.3. The van der Waals surface area contributed by atoms with E-state index in [9.17, 15) is 0 Å². The first kappa shape index (κ1) is 35.0. The fraction of sp³-hybridized carbons (Fsp3) is 1.00. The van der Waals surface area contributed by atoms with E-state index in [0.717, 1.165) is 0 Å². The van der Waals surface area contributed by atoms with E-state index in [2.05, 4.69) is 6.92 Å². The Labute approximate surface area is 192 Å². The van der Waals surface area contributed by atoms with Crippen LogP contribution >= 0.6 is 0 Å². The predicted molar refractivity (Wildman–Crippen MR) is 76.5 cm³/mol. The fourth-order valence-corrected chi connectivity index (χ4v) is 2.24. The van der Waals surface area contributed by atoms with Crippen LogP contribution in [0, 0.1) is 0 Å². The molecule has 21 heavy (non-hydrogen) atoms. The van der Waals surface area contributed by atoms with Crippen LogP contribution in [0.1, 0.15) is 71.1 Å². The van der Waals surface area contributed by atoms with E-state index < -0.39 is 10.4 Å². The average molecular weight is 352 g/mol. The summed E-state index contributed by atoms with van der Waals surface area (Å²) >= 11 is 1.41. The summed E-state index contributed by atoms with van der Waals surface area (Å²) in [5, 5.41) is 0. The summed E-state index contributed by atoms with van der Waals surface area (Å²) in [6, 6.07) is 0. The van der Waals surface area contributed by atoms with Crippen molar-refractivity contribution in [3.8, 4) is 0 Å². The van der Waals surface area contributed by atoms with Crippen LogP contribution in [-0.2, 0) is 10.4 Å². The molecular weight excluding hydrogens is 325 g/mol. The van der Waals surface area contributed by atoms with Crippen molar-refractivity contribution in [3.63, 3.8) is 0 Å². The molecule has 0 aromatic heterocycles. The van der Waals surface area contributed by atoms with Crippen LogP contribution in [0.15, 0.2) is 0 Å². The Morgan fingerprint density at radius 2 is 1.00 bits per heavy atom. The molecule has 0 atom stereocenters. The molecule has 0 spiro atoms. The summed E-state index contributed by atoms with van der Waals surface area (Å²) in [7, 11) is -5.17. The minimum absolute atomic E-state index is 0. The average Bonchev–Trinajstić information content (AvgIpc) is 2.25. The Balaban J connectivity index is -0.0000000933. The van der Waals surface area contributed by atoms with Gasteiger partial charge in [-0.25, -0.2) is 0 Å². The third kappa shape index (κ3) is 60.2. The Kier molecular flexibility index (Phi) is 46.2. The second-order valence-electron chi connectivity index (χ2n) is 4.59. The van der Waals surface area contributed by atoms with Gasteiger partial charge in [0.1, 0.15) is 0 Å². The molecule has 0 saturated carbocycles. The number of hydrogen-bond donors (Lipinski definition) is 0. The van der Waals surface area contributed by atoms with Crippen molar-refractivity contribution in [1.82, 2.24) is 0 Å². The van der Waals surface area contributed by atoms with Crippen molar-refractivity contribution in [3.05, 3.63) is 0 Å². The van der Waals surface area contributed by atoms with E-state index in [1.54, 1.807) is 0 Å². The molecule has 0 amide bonds. The first-order valence-electron chi connectivity index (χ1n) is 7.08. The van der Waals surface area contributed by atoms with Crippen LogP contribution in [0.3, 0.4) is 0 Å². The quantitative estimate of drug-likeness (QED) is 0.175. The number of unbranched alkanes of at least 4 members (excludes halogenated alkanes) is 9. The smallest absolute Gasteiger partial charge is 0.759 e. The fourth-order valence-electron chi connectivity index (χ4n) is 1.74. The molecule has 0 bridgehead atoms. The summed E-state index contributed by atoms with van der Waals surface area (Å²) in [4.78, 5) is 0. The standard InChI is InChI=1S/C12H25.3Na.H2O4S.H2O/c1-3-5-7-9-11-12-10-8-6-4-2;;;;1-5(2,3)4;/h1,3-12H2,2H3;;;;(H2,1,2,3,4);1H2/q;;2*+1;;/p-2. The summed E-state index contributed by atoms with van der Waals surface area (Å²) in [6.45, 7) is 2.29. The molecule has 0 aromatic rings. The molecule has 5 nitrogen and oxygen atoms in total. The van der Waals surface area contributed by atoms with Crippen molar-refractivity contribution in [1.29, 1.82) is 0 Å². The number of hydrogen-bond acceptors (Lipinski definition) is 4. The zero-order valence-corrected chi connectivity index (χ0v) is 21.1. The van der Waals surface area contributed by atoms with Crippen LogP contribution < -0.4 is 59.1 Å². The van der Waals surface area contributed by atoms with Gasteiger partial charge < -0.3 is 14.6 Å². The van der Waals surface area contributed by atoms with Crippen LogP contribution in [0.5, 0.6) is 0 Å². The van der Waals surface area contributed by atoms with E-state index in [4.69, 9.17) is 17.5 Å². The van der Waals surface area contributed by atoms with Gasteiger partial charge in [0.05, 0.1) is 0 Å². The molecule has 9 heteroatoms. The molecule has 0 fully saturated rings. The third-order valence-corrected chi connectivity index (χ3v) is 3.41. The second kappa shape index (κ2) is 27.7. The summed E-state index contributed by atoms with van der Waals surface area (Å²) < 4.78 is 35.6. The van der Waals surface area contributed by atoms with Gasteiger partial charge in [-0.3, -0.25) is 8.42 Å². The first-order chi connectivity index (χ1) is 8.41. The second-order valence-corrected chi connectivity index (χ2v) is 6.41. The third-order valence-electron chi connectivity index (χ3n) is 2.71. The van der Waals surface area contributed by atoms with Crippen LogP contribution in [0.25, 0.3) is 0 Å². The maximum absolute atomic E-state index is 8.52. The minimum Gasteiger partial charge on any atom is -0.759 e. The van der Waals surface area contributed by atoms with E-state index in [-0.39, 0.29) is 64.6 Å². The molecule has 0 heterocycles. The molecule has 0 rings (SSSR count). The van der Waals surface area contributed by atoms with E-state index >= 15 is 0 Å². The first-order valence-corrected chi connectivity index (χ1v) is 9.83. The summed E-state index contributed by atoms with van der Waals surface area (Å²) in [6.07, 6.45) is 14.7. The molecule has 0 aliphatic carbocycles. The van der Waals surface area contributed by atoms with Crippen molar-refractivity contribution in [2.45, 2.75) is 74.8 Å². The van der Waals surface area contributed by atoms with Gasteiger partial charge in [-0.1, -0.05) is 0 Å². The minimum atomic E-state index is -5.17. The van der Waals surface area contributed by atoms with Crippen LogP contribution in [-0.4, -0.2) is 50.9 Å². The normalized spacial score (nSPS) is 9.38. The topological polar surface area (TPSA) is 112 Å². The van der Waals surface area contributed by atoms with Gasteiger partial charge in [-0.05, 0) is 0 Å². The maximum Gasteiger partial charge on any atom is 1.00 e. The van der Waals surface area contributed by atoms with Crippen molar-refractivity contribution < 1.29 is 82.1 Å². The molecule has 0 aliphatic heterocycles. The summed E-state index contributed by atoms with van der Waals surface area (Å²) in [5.74, 6) is 0. The molecule has 0 aliphatic rings. The van der Waals surface area contributed by atoms with Crippen molar-refractivity contribution in [2.75, 3.05) is 0 Å². The molecule has 2 N–H and O–H groups in total. The predicted octanol–water partition coefficient (Wildman–Crippen LogP) is -3.66. The maximum atomic E-state index is 8.52. The molecule has 114 valence electrons. The van der Waals surface area contributed by atoms with Crippen LogP contribution in [0.2, 0.25) is 3.67 Å². The van der Waals surface area contributed by atoms with Gasteiger partial charge in [-0.2, -0.15) is 0 Å². The van der Waals surface area contributed by atoms with Gasteiger partial charge in [0.25, 0.3) is 0 Å². The van der Waals surface area contributed by atoms with Gasteiger partial charge >= 0.3 is 162 Å². The van der Waals surface area contributed by atoms with Gasteiger partial charge in [0, 0.05) is 10.4 Å². The van der Waals surface area contributed by atoms with E-state index in [1.807, 2.05) is 0 Å². The SMILES string of the molecule is CCCCCCCCCCC[CH2][Na].O.O=S(=O)([O-])[O-].[Na+].[Na+]. The largest absolute Gasteiger partial charge is 1.00 e. The van der Waals surface area contributed by atoms with E-state index in [1.165, 1.54) is 95.8 Å². The molecular formula is C12H27Na3O5S. The molecule has 0 radical (unpaired) electrons. The molecule has 0 saturated heterocycles. The Morgan fingerprint density at radius 3 is 1.24 bits per heavy atom. The molecule has 0 aromatic carbocycles. The summed E-state index contributed by atoms with van der Waals surface area (Å²) in [5.41, 5.74) is 0. The van der Waals surface area contributed by atoms with Crippen molar-refractivity contribution in [2.24, 2.45) is 0 Å². The van der Waals surface area contributed by atoms with Crippen LogP contribution in [0.4, 0.5) is 0 Å². The van der Waals surface area contributed by atoms with Gasteiger partial charge in [0.15, 0.2) is 0 Å². The Bertz CT molecular complexity index is 233. The Morgan fingerprint density at radius 1 is 0.762 bits per heavy atom. The zero-order valence-electron chi connectivity index (χ0n) is 14.3. The van der Waals surface area contributed by atoms with Gasteiger partial charge in [0.2, 0.25) is 0 Å². The number of rotatable bonds is 10. The Hall–Kier alpha value is 2.83. The monoisotopic (exact) mass is 352 g/mol. The van der Waals surface area contributed by atoms with Gasteiger partial charge in [-0.15, -0.1) is 0 Å². The molecule has 0 unspecified atom stereocenters. The van der Waals surface area contributed by atoms with E-state index in [0.29, 0.717) is 0 Å². The van der Waals surface area contributed by atoms with Crippen molar-refractivity contribution >= 4 is 38.3 Å².